The Balaban J connectivity index is 1.54. The molecule has 24 heavy (non-hydrogen) atoms. The van der Waals surface area contributed by atoms with Crippen LogP contribution in [0.25, 0.3) is 0 Å². The van der Waals surface area contributed by atoms with Crippen LogP contribution in [0.5, 0.6) is 0 Å². The Labute approximate surface area is 144 Å². The van der Waals surface area contributed by atoms with Gasteiger partial charge in [-0.25, -0.2) is 0 Å². The highest BCUT2D eigenvalue weighted by molar-refractivity contribution is 6.21. The van der Waals surface area contributed by atoms with Gasteiger partial charge >= 0.3 is 0 Å². The van der Waals surface area contributed by atoms with Gasteiger partial charge < -0.3 is 4.90 Å². The van der Waals surface area contributed by atoms with Crippen LogP contribution in [-0.4, -0.2) is 47.8 Å². The molecular weight excluding hydrogens is 300 g/mol. The Hall–Kier alpha value is -1.68. The lowest BCUT2D eigenvalue weighted by Crippen LogP contribution is -2.37. The largest absolute Gasteiger partial charge is 0.304 e. The summed E-state index contributed by atoms with van der Waals surface area (Å²) >= 11 is 0. The predicted molar refractivity (Wildman–Crippen MR) is 95.0 cm³/mol. The number of carbonyl (C=O) groups is 2. The zero-order valence-electron chi connectivity index (χ0n) is 14.8. The second kappa shape index (κ2) is 7.47. The minimum absolute atomic E-state index is 0.110. The van der Waals surface area contributed by atoms with Crippen molar-refractivity contribution in [2.24, 2.45) is 11.8 Å². The molecule has 1 fully saturated rings. The summed E-state index contributed by atoms with van der Waals surface area (Å²) < 4.78 is 0. The first-order chi connectivity index (χ1) is 11.6. The molecule has 1 aliphatic heterocycles. The van der Waals surface area contributed by atoms with Crippen LogP contribution in [-0.2, 0) is 0 Å². The van der Waals surface area contributed by atoms with Gasteiger partial charge in [-0.1, -0.05) is 26.0 Å². The number of imide groups is 1. The second-order valence-corrected chi connectivity index (χ2v) is 7.14. The van der Waals surface area contributed by atoms with Crippen molar-refractivity contribution in [3.8, 4) is 0 Å². The van der Waals surface area contributed by atoms with E-state index in [4.69, 9.17) is 0 Å². The molecule has 1 aliphatic carbocycles. The van der Waals surface area contributed by atoms with E-state index in [0.717, 1.165) is 31.8 Å². The first-order valence-corrected chi connectivity index (χ1v) is 9.31. The number of hydrogen-bond donors (Lipinski definition) is 0. The fraction of sp³-hybridized carbons (Fsp3) is 0.600. The normalized spacial score (nSPS) is 23.9. The van der Waals surface area contributed by atoms with Crippen molar-refractivity contribution in [3.05, 3.63) is 35.4 Å². The standard InChI is InChI=1S/C20H28N2O2/c1-3-21(4-2)13-15-9-11-16(12-10-15)14-22-19(23)17-7-5-6-8-18(17)20(22)24/h5-8,15-16H,3-4,9-14H2,1-2H3. The van der Waals surface area contributed by atoms with Gasteiger partial charge in [0.25, 0.3) is 11.8 Å². The highest BCUT2D eigenvalue weighted by Crippen LogP contribution is 2.32. The van der Waals surface area contributed by atoms with Gasteiger partial charge in [0.1, 0.15) is 0 Å². The number of rotatable bonds is 6. The maximum Gasteiger partial charge on any atom is 0.261 e. The van der Waals surface area contributed by atoms with Crippen molar-refractivity contribution >= 4 is 11.8 Å². The molecule has 0 aromatic heterocycles. The van der Waals surface area contributed by atoms with Gasteiger partial charge in [0.15, 0.2) is 0 Å². The molecule has 2 amide bonds. The van der Waals surface area contributed by atoms with Gasteiger partial charge in [-0.05, 0) is 62.7 Å². The van der Waals surface area contributed by atoms with Crippen LogP contribution < -0.4 is 0 Å². The topological polar surface area (TPSA) is 40.6 Å². The number of amides is 2. The molecule has 4 heteroatoms. The number of nitrogens with zero attached hydrogens (tertiary/aromatic N) is 2. The summed E-state index contributed by atoms with van der Waals surface area (Å²) in [7, 11) is 0. The summed E-state index contributed by atoms with van der Waals surface area (Å²) in [5, 5.41) is 0. The molecule has 1 saturated carbocycles. The fourth-order valence-electron chi connectivity index (χ4n) is 4.11. The van der Waals surface area contributed by atoms with Crippen molar-refractivity contribution in [1.29, 1.82) is 0 Å². The van der Waals surface area contributed by atoms with Crippen LogP contribution in [0.2, 0.25) is 0 Å². The Morgan fingerprint density at radius 1 is 0.917 bits per heavy atom. The average molecular weight is 328 g/mol. The van der Waals surface area contributed by atoms with Crippen molar-refractivity contribution < 1.29 is 9.59 Å². The van der Waals surface area contributed by atoms with Crippen molar-refractivity contribution in [3.63, 3.8) is 0 Å². The summed E-state index contributed by atoms with van der Waals surface area (Å²) in [6.07, 6.45) is 4.67. The third kappa shape index (κ3) is 3.39. The molecule has 0 radical (unpaired) electrons. The Kier molecular flexibility index (Phi) is 5.34. The lowest BCUT2D eigenvalue weighted by molar-refractivity contribution is 0.0606. The minimum atomic E-state index is -0.110. The summed E-state index contributed by atoms with van der Waals surface area (Å²) in [5.74, 6) is 1.00. The number of benzene rings is 1. The number of fused-ring (bicyclic) bond motifs is 1. The molecular formula is C20H28N2O2. The molecule has 1 heterocycles. The van der Waals surface area contributed by atoms with Crippen LogP contribution in [0, 0.1) is 11.8 Å². The van der Waals surface area contributed by atoms with E-state index in [0.29, 0.717) is 23.6 Å². The van der Waals surface area contributed by atoms with E-state index in [1.165, 1.54) is 24.3 Å². The van der Waals surface area contributed by atoms with Crippen LogP contribution in [0.1, 0.15) is 60.2 Å². The second-order valence-electron chi connectivity index (χ2n) is 7.14. The third-order valence-electron chi connectivity index (χ3n) is 5.70. The molecule has 130 valence electrons. The van der Waals surface area contributed by atoms with E-state index in [1.807, 2.05) is 12.1 Å². The van der Waals surface area contributed by atoms with E-state index in [9.17, 15) is 9.59 Å². The van der Waals surface area contributed by atoms with Gasteiger partial charge in [-0.3, -0.25) is 14.5 Å². The number of carbonyl (C=O) groups excluding carboxylic acids is 2. The smallest absolute Gasteiger partial charge is 0.261 e. The SMILES string of the molecule is CCN(CC)CC1CCC(CN2C(=O)c3ccccc3C2=O)CC1. The van der Waals surface area contributed by atoms with E-state index in [2.05, 4.69) is 18.7 Å². The van der Waals surface area contributed by atoms with Gasteiger partial charge in [-0.15, -0.1) is 0 Å². The van der Waals surface area contributed by atoms with Gasteiger partial charge in [0.05, 0.1) is 11.1 Å². The first kappa shape index (κ1) is 17.2. The molecule has 0 spiro atoms. The van der Waals surface area contributed by atoms with Crippen LogP contribution in [0.4, 0.5) is 0 Å². The lowest BCUT2D eigenvalue weighted by atomic mass is 9.81. The zero-order chi connectivity index (χ0) is 17.1. The summed E-state index contributed by atoms with van der Waals surface area (Å²) in [6, 6.07) is 7.17. The molecule has 0 N–H and O–H groups in total. The maximum absolute atomic E-state index is 12.5. The van der Waals surface area contributed by atoms with Gasteiger partial charge in [0, 0.05) is 13.1 Å². The van der Waals surface area contributed by atoms with E-state index in [1.54, 1.807) is 12.1 Å². The predicted octanol–water partition coefficient (Wildman–Crippen LogP) is 3.43. The molecule has 0 saturated heterocycles. The average Bonchev–Trinajstić information content (AvgIpc) is 2.86. The molecule has 1 aromatic rings. The van der Waals surface area contributed by atoms with Crippen molar-refractivity contribution in [2.45, 2.75) is 39.5 Å². The Morgan fingerprint density at radius 2 is 1.42 bits per heavy atom. The molecule has 2 aliphatic rings. The summed E-state index contributed by atoms with van der Waals surface area (Å²) in [5.41, 5.74) is 1.13. The Morgan fingerprint density at radius 3 is 1.92 bits per heavy atom. The van der Waals surface area contributed by atoms with Crippen molar-refractivity contribution in [1.82, 2.24) is 9.80 Å². The maximum atomic E-state index is 12.5. The number of hydrogen-bond acceptors (Lipinski definition) is 3. The first-order valence-electron chi connectivity index (χ1n) is 9.31. The summed E-state index contributed by atoms with van der Waals surface area (Å²) in [6.45, 7) is 8.45. The van der Waals surface area contributed by atoms with Crippen LogP contribution in [0.3, 0.4) is 0 Å². The molecule has 3 rings (SSSR count). The zero-order valence-corrected chi connectivity index (χ0v) is 14.8. The fourth-order valence-corrected chi connectivity index (χ4v) is 4.11. The molecule has 4 nitrogen and oxygen atoms in total. The van der Waals surface area contributed by atoms with E-state index in [-0.39, 0.29) is 11.8 Å². The quantitative estimate of drug-likeness (QED) is 0.751. The van der Waals surface area contributed by atoms with Crippen LogP contribution in [0.15, 0.2) is 24.3 Å². The molecule has 0 bridgehead atoms. The van der Waals surface area contributed by atoms with E-state index < -0.39 is 0 Å². The van der Waals surface area contributed by atoms with Gasteiger partial charge in [-0.2, -0.15) is 0 Å². The molecule has 0 atom stereocenters. The summed E-state index contributed by atoms with van der Waals surface area (Å²) in [4.78, 5) is 28.9. The van der Waals surface area contributed by atoms with Crippen LogP contribution >= 0.6 is 0 Å². The highest BCUT2D eigenvalue weighted by atomic mass is 16.2. The van der Waals surface area contributed by atoms with Crippen molar-refractivity contribution in [2.75, 3.05) is 26.2 Å². The lowest BCUT2D eigenvalue weighted by Gasteiger charge is -2.33. The third-order valence-corrected chi connectivity index (χ3v) is 5.70. The van der Waals surface area contributed by atoms with E-state index >= 15 is 0 Å². The Bertz CT molecular complexity index is 566. The monoisotopic (exact) mass is 328 g/mol. The molecule has 0 unspecified atom stereocenters. The van der Waals surface area contributed by atoms with Gasteiger partial charge in [0.2, 0.25) is 0 Å². The minimum Gasteiger partial charge on any atom is -0.304 e. The molecule has 1 aromatic carbocycles. The highest BCUT2D eigenvalue weighted by Gasteiger charge is 2.37.